The lowest BCUT2D eigenvalue weighted by Crippen LogP contribution is -1.99. The quantitative estimate of drug-likeness (QED) is 0.643. The maximum absolute atomic E-state index is 13.0. The first-order valence-electron chi connectivity index (χ1n) is 3.68. The monoisotopic (exact) mass is 182 g/mol. The number of halogens is 2. The molecule has 0 aliphatic rings. The predicted octanol–water partition coefficient (Wildman–Crippen LogP) is 2.81. The van der Waals surface area contributed by atoms with Crippen molar-refractivity contribution < 1.29 is 13.6 Å². The van der Waals surface area contributed by atoms with E-state index in [1.54, 1.807) is 0 Å². The highest BCUT2D eigenvalue weighted by Crippen LogP contribution is 2.16. The van der Waals surface area contributed by atoms with Gasteiger partial charge in [0, 0.05) is 5.56 Å². The minimum Gasteiger partial charge on any atom is -0.294 e. The summed E-state index contributed by atoms with van der Waals surface area (Å²) in [6, 6.07) is 1.84. The summed E-state index contributed by atoms with van der Waals surface area (Å²) in [5, 5.41) is 0. The first-order chi connectivity index (χ1) is 6.06. The van der Waals surface area contributed by atoms with Gasteiger partial charge in [-0.25, -0.2) is 8.78 Å². The zero-order chi connectivity index (χ0) is 10.0. The number of Topliss-reactive ketones (excluding diaryl/α,β-unsaturated/α-hetero) is 1. The molecule has 0 heterocycles. The molecule has 1 aromatic rings. The van der Waals surface area contributed by atoms with E-state index in [-0.39, 0.29) is 11.1 Å². The lowest BCUT2D eigenvalue weighted by Gasteiger charge is -2.01. The van der Waals surface area contributed by atoms with Gasteiger partial charge in [-0.3, -0.25) is 4.79 Å². The molecule has 0 amide bonds. The molecule has 0 aromatic heterocycles. The minimum absolute atomic E-state index is 0.0579. The summed E-state index contributed by atoms with van der Waals surface area (Å²) in [7, 11) is 0. The van der Waals surface area contributed by atoms with Gasteiger partial charge in [-0.15, -0.1) is 0 Å². The van der Waals surface area contributed by atoms with Crippen LogP contribution in [-0.2, 0) is 0 Å². The van der Waals surface area contributed by atoms with Crippen molar-refractivity contribution in [3.63, 3.8) is 0 Å². The Morgan fingerprint density at radius 1 is 1.38 bits per heavy atom. The molecule has 0 bridgehead atoms. The smallest absolute Gasteiger partial charge is 0.162 e. The molecule has 0 aliphatic carbocycles. The Balaban J connectivity index is 3.36. The number of ketones is 1. The molecule has 1 aromatic carbocycles. The number of hydrogen-bond donors (Lipinski definition) is 0. The molecule has 3 heteroatoms. The van der Waals surface area contributed by atoms with Crippen molar-refractivity contribution in [3.8, 4) is 0 Å². The number of hydrogen-bond acceptors (Lipinski definition) is 1. The van der Waals surface area contributed by atoms with E-state index < -0.39 is 17.4 Å². The summed E-state index contributed by atoms with van der Waals surface area (Å²) < 4.78 is 26.0. The summed E-state index contributed by atoms with van der Waals surface area (Å²) in [5.74, 6) is -1.85. The third-order valence-corrected chi connectivity index (χ3v) is 1.69. The fourth-order valence-electron chi connectivity index (χ4n) is 0.988. The topological polar surface area (TPSA) is 17.1 Å². The number of benzene rings is 1. The predicted molar refractivity (Wildman–Crippen MR) is 46.5 cm³/mol. The molecule has 0 spiro atoms. The van der Waals surface area contributed by atoms with Gasteiger partial charge < -0.3 is 0 Å². The molecule has 0 saturated carbocycles. The van der Waals surface area contributed by atoms with Gasteiger partial charge in [0.25, 0.3) is 0 Å². The van der Waals surface area contributed by atoms with E-state index >= 15 is 0 Å². The highest BCUT2D eigenvalue weighted by atomic mass is 19.1. The van der Waals surface area contributed by atoms with Gasteiger partial charge in [-0.05, 0) is 19.1 Å². The van der Waals surface area contributed by atoms with Crippen LogP contribution >= 0.6 is 0 Å². The van der Waals surface area contributed by atoms with Crippen LogP contribution in [0.3, 0.4) is 0 Å². The van der Waals surface area contributed by atoms with Crippen molar-refractivity contribution in [1.29, 1.82) is 0 Å². The van der Waals surface area contributed by atoms with Crippen LogP contribution in [0.4, 0.5) is 8.78 Å². The summed E-state index contributed by atoms with van der Waals surface area (Å²) in [5.41, 5.74) is -0.175. The molecule has 0 saturated heterocycles. The van der Waals surface area contributed by atoms with E-state index in [1.807, 2.05) is 0 Å². The maximum Gasteiger partial charge on any atom is 0.162 e. The van der Waals surface area contributed by atoms with Gasteiger partial charge in [0.05, 0.1) is 5.56 Å². The molecule has 0 unspecified atom stereocenters. The molecule has 1 nitrogen and oxygen atoms in total. The Labute approximate surface area is 74.7 Å². The molecule has 68 valence electrons. The first-order valence-corrected chi connectivity index (χ1v) is 3.68. The van der Waals surface area contributed by atoms with Gasteiger partial charge in [0.1, 0.15) is 11.6 Å². The summed E-state index contributed by atoms with van der Waals surface area (Å²) in [4.78, 5) is 10.8. The number of rotatable bonds is 2. The van der Waals surface area contributed by atoms with E-state index in [2.05, 4.69) is 6.58 Å². The highest BCUT2D eigenvalue weighted by Gasteiger charge is 2.10. The fraction of sp³-hybridized carbons (Fsp3) is 0.100. The van der Waals surface area contributed by atoms with Gasteiger partial charge in [-0.1, -0.05) is 12.7 Å². The fourth-order valence-corrected chi connectivity index (χ4v) is 0.988. The van der Waals surface area contributed by atoms with Crippen LogP contribution in [0.15, 0.2) is 18.7 Å². The maximum atomic E-state index is 13.0. The highest BCUT2D eigenvalue weighted by molar-refractivity contribution is 5.94. The lowest BCUT2D eigenvalue weighted by atomic mass is 10.1. The van der Waals surface area contributed by atoms with Crippen LogP contribution in [0, 0.1) is 11.6 Å². The number of carbonyl (C=O) groups excluding carboxylic acids is 1. The Hall–Kier alpha value is -1.51. The first kappa shape index (κ1) is 9.58. The van der Waals surface area contributed by atoms with E-state index in [9.17, 15) is 13.6 Å². The molecule has 1 rings (SSSR count). The lowest BCUT2D eigenvalue weighted by molar-refractivity contribution is 0.101. The van der Waals surface area contributed by atoms with Gasteiger partial charge in [-0.2, -0.15) is 0 Å². The third kappa shape index (κ3) is 1.80. The Bertz CT molecular complexity index is 369. The Morgan fingerprint density at radius 2 is 2.00 bits per heavy atom. The van der Waals surface area contributed by atoms with E-state index in [1.165, 1.54) is 13.0 Å². The van der Waals surface area contributed by atoms with Crippen molar-refractivity contribution in [2.45, 2.75) is 6.92 Å². The third-order valence-electron chi connectivity index (χ3n) is 1.69. The molecule has 0 N–H and O–H groups in total. The Morgan fingerprint density at radius 3 is 2.46 bits per heavy atom. The average molecular weight is 182 g/mol. The molecular formula is C10H8F2O. The van der Waals surface area contributed by atoms with Crippen LogP contribution in [-0.4, -0.2) is 5.78 Å². The summed E-state index contributed by atoms with van der Waals surface area (Å²) in [6.07, 6.45) is 1.20. The van der Waals surface area contributed by atoms with Crippen molar-refractivity contribution in [2.24, 2.45) is 0 Å². The van der Waals surface area contributed by atoms with E-state index in [0.29, 0.717) is 0 Å². The van der Waals surface area contributed by atoms with Gasteiger partial charge in [0.15, 0.2) is 5.78 Å². The van der Waals surface area contributed by atoms with Crippen molar-refractivity contribution in [2.75, 3.05) is 0 Å². The second kappa shape index (κ2) is 3.47. The molecule has 0 radical (unpaired) electrons. The standard InChI is InChI=1S/C10H8F2O/c1-3-7-4-10(12)8(6(2)13)5-9(7)11/h3-5H,1H2,2H3. The molecule has 13 heavy (non-hydrogen) atoms. The van der Waals surface area contributed by atoms with E-state index in [4.69, 9.17) is 0 Å². The SMILES string of the molecule is C=Cc1cc(F)c(C(C)=O)cc1F. The van der Waals surface area contributed by atoms with Crippen LogP contribution in [0.1, 0.15) is 22.8 Å². The largest absolute Gasteiger partial charge is 0.294 e. The average Bonchev–Trinajstić information content (AvgIpc) is 2.07. The molecule has 0 atom stereocenters. The van der Waals surface area contributed by atoms with Crippen LogP contribution < -0.4 is 0 Å². The normalized spacial score (nSPS) is 9.77. The van der Waals surface area contributed by atoms with Gasteiger partial charge >= 0.3 is 0 Å². The Kier molecular flexibility index (Phi) is 2.56. The molecule has 0 fully saturated rings. The van der Waals surface area contributed by atoms with Crippen LogP contribution in [0.2, 0.25) is 0 Å². The van der Waals surface area contributed by atoms with Crippen LogP contribution in [0.25, 0.3) is 6.08 Å². The van der Waals surface area contributed by atoms with Crippen molar-refractivity contribution in [3.05, 3.63) is 41.5 Å². The zero-order valence-electron chi connectivity index (χ0n) is 7.10. The minimum atomic E-state index is -0.719. The second-order valence-electron chi connectivity index (χ2n) is 2.61. The number of carbonyl (C=O) groups is 1. The van der Waals surface area contributed by atoms with Crippen molar-refractivity contribution >= 4 is 11.9 Å². The second-order valence-corrected chi connectivity index (χ2v) is 2.61. The van der Waals surface area contributed by atoms with E-state index in [0.717, 1.165) is 12.1 Å². The molecular weight excluding hydrogens is 174 g/mol. The van der Waals surface area contributed by atoms with Gasteiger partial charge in [0.2, 0.25) is 0 Å². The molecule has 0 aliphatic heterocycles. The van der Waals surface area contributed by atoms with Crippen molar-refractivity contribution in [1.82, 2.24) is 0 Å². The summed E-state index contributed by atoms with van der Waals surface area (Å²) >= 11 is 0. The zero-order valence-corrected chi connectivity index (χ0v) is 7.10. The van der Waals surface area contributed by atoms with Crippen LogP contribution in [0.5, 0.6) is 0 Å². The summed E-state index contributed by atoms with van der Waals surface area (Å²) in [6.45, 7) is 4.50.